The molecule has 2 aliphatic heterocycles. The van der Waals surface area contributed by atoms with Crippen molar-refractivity contribution in [2.24, 2.45) is 11.3 Å². The molecule has 2 rings (SSSR count). The number of carboxylic acids is 1. The first-order valence-electron chi connectivity index (χ1n) is 7.62. The van der Waals surface area contributed by atoms with Crippen molar-refractivity contribution in [3.8, 4) is 0 Å². The van der Waals surface area contributed by atoms with E-state index in [0.717, 1.165) is 0 Å². The SMILES string of the molecule is CC(C)(C)C(=O)N1CSCC1C(=O)N1CCCC(C(=O)O)C1. The average molecular weight is 328 g/mol. The molecule has 22 heavy (non-hydrogen) atoms. The zero-order valence-electron chi connectivity index (χ0n) is 13.4. The molecule has 0 aliphatic carbocycles. The number of thioether (sulfide) groups is 1. The Morgan fingerprint density at radius 3 is 2.50 bits per heavy atom. The molecule has 0 aromatic rings. The predicted octanol–water partition coefficient (Wildman–Crippen LogP) is 1.26. The third-order valence-corrected chi connectivity index (χ3v) is 5.16. The van der Waals surface area contributed by atoms with Crippen molar-refractivity contribution in [2.45, 2.75) is 39.7 Å². The molecule has 0 saturated carbocycles. The molecule has 2 heterocycles. The Labute approximate surface area is 135 Å². The summed E-state index contributed by atoms with van der Waals surface area (Å²) < 4.78 is 0. The van der Waals surface area contributed by atoms with Crippen LogP contribution >= 0.6 is 11.8 Å². The van der Waals surface area contributed by atoms with E-state index in [1.165, 1.54) is 0 Å². The molecule has 6 nitrogen and oxygen atoms in total. The summed E-state index contributed by atoms with van der Waals surface area (Å²) in [6, 6.07) is -0.454. The molecule has 2 aliphatic rings. The lowest BCUT2D eigenvalue weighted by molar-refractivity contribution is -0.151. The minimum atomic E-state index is -0.846. The Balaban J connectivity index is 2.08. The maximum Gasteiger partial charge on any atom is 0.308 e. The lowest BCUT2D eigenvalue weighted by Crippen LogP contribution is -2.54. The van der Waals surface area contributed by atoms with Gasteiger partial charge in [0.2, 0.25) is 11.8 Å². The quantitative estimate of drug-likeness (QED) is 0.825. The van der Waals surface area contributed by atoms with Crippen molar-refractivity contribution >= 4 is 29.5 Å². The zero-order chi connectivity index (χ0) is 16.5. The van der Waals surface area contributed by atoms with Crippen molar-refractivity contribution in [3.63, 3.8) is 0 Å². The van der Waals surface area contributed by atoms with Crippen LogP contribution in [-0.2, 0) is 14.4 Å². The number of amides is 2. The van der Waals surface area contributed by atoms with Gasteiger partial charge in [-0.1, -0.05) is 20.8 Å². The van der Waals surface area contributed by atoms with Gasteiger partial charge in [-0.05, 0) is 12.8 Å². The topological polar surface area (TPSA) is 77.9 Å². The Morgan fingerprint density at radius 2 is 1.91 bits per heavy atom. The summed E-state index contributed by atoms with van der Waals surface area (Å²) in [5.41, 5.74) is -0.519. The van der Waals surface area contributed by atoms with Gasteiger partial charge in [-0.2, -0.15) is 0 Å². The smallest absolute Gasteiger partial charge is 0.308 e. The second-order valence-corrected chi connectivity index (χ2v) is 8.00. The second kappa shape index (κ2) is 6.48. The van der Waals surface area contributed by atoms with Gasteiger partial charge < -0.3 is 14.9 Å². The van der Waals surface area contributed by atoms with E-state index in [2.05, 4.69) is 0 Å². The van der Waals surface area contributed by atoms with Gasteiger partial charge in [0, 0.05) is 24.3 Å². The first-order valence-corrected chi connectivity index (χ1v) is 8.77. The van der Waals surface area contributed by atoms with Crippen LogP contribution in [-0.4, -0.2) is 63.5 Å². The Morgan fingerprint density at radius 1 is 1.23 bits per heavy atom. The van der Waals surface area contributed by atoms with E-state index in [9.17, 15) is 14.4 Å². The summed E-state index contributed by atoms with van der Waals surface area (Å²) in [7, 11) is 0. The molecule has 0 spiro atoms. The normalized spacial score (nSPS) is 26.1. The van der Waals surface area contributed by atoms with E-state index in [1.54, 1.807) is 21.6 Å². The summed E-state index contributed by atoms with van der Waals surface area (Å²) in [5, 5.41) is 9.14. The van der Waals surface area contributed by atoms with Gasteiger partial charge in [0.15, 0.2) is 0 Å². The van der Waals surface area contributed by atoms with Crippen molar-refractivity contribution in [1.82, 2.24) is 9.80 Å². The van der Waals surface area contributed by atoms with Crippen LogP contribution in [0, 0.1) is 11.3 Å². The summed E-state index contributed by atoms with van der Waals surface area (Å²) in [5.74, 6) is -0.340. The highest BCUT2D eigenvalue weighted by Crippen LogP contribution is 2.29. The van der Waals surface area contributed by atoms with Gasteiger partial charge in [0.1, 0.15) is 6.04 Å². The first-order chi connectivity index (χ1) is 10.2. The number of carbonyl (C=O) groups excluding carboxylic acids is 2. The number of piperidine rings is 1. The molecule has 0 radical (unpaired) electrons. The van der Waals surface area contributed by atoms with Gasteiger partial charge in [-0.25, -0.2) is 0 Å². The van der Waals surface area contributed by atoms with E-state index in [1.807, 2.05) is 20.8 Å². The summed E-state index contributed by atoms with van der Waals surface area (Å²) in [6.07, 6.45) is 1.32. The molecule has 2 atom stereocenters. The van der Waals surface area contributed by atoms with E-state index >= 15 is 0 Å². The number of carboxylic acid groups (broad SMARTS) is 1. The number of aliphatic carboxylic acids is 1. The number of nitrogens with zero attached hydrogens (tertiary/aromatic N) is 2. The first kappa shape index (κ1) is 17.1. The van der Waals surface area contributed by atoms with E-state index < -0.39 is 23.3 Å². The fourth-order valence-corrected chi connectivity index (χ4v) is 4.01. The van der Waals surface area contributed by atoms with Crippen LogP contribution in [0.4, 0.5) is 0 Å². The van der Waals surface area contributed by atoms with Crippen LogP contribution < -0.4 is 0 Å². The standard InChI is InChI=1S/C15H24N2O4S/c1-15(2,3)14(21)17-9-22-8-11(17)12(18)16-6-4-5-10(7-16)13(19)20/h10-11H,4-9H2,1-3H3,(H,19,20). The van der Waals surface area contributed by atoms with Gasteiger partial charge in [0.25, 0.3) is 0 Å². The largest absolute Gasteiger partial charge is 0.481 e. The Bertz CT molecular complexity index is 475. The molecule has 2 amide bonds. The number of carbonyl (C=O) groups is 3. The lowest BCUT2D eigenvalue weighted by atomic mass is 9.94. The maximum absolute atomic E-state index is 12.7. The van der Waals surface area contributed by atoms with E-state index in [0.29, 0.717) is 31.0 Å². The molecule has 2 unspecified atom stereocenters. The van der Waals surface area contributed by atoms with Crippen molar-refractivity contribution in [2.75, 3.05) is 24.7 Å². The van der Waals surface area contributed by atoms with Crippen molar-refractivity contribution in [1.29, 1.82) is 0 Å². The fourth-order valence-electron chi connectivity index (χ4n) is 2.87. The molecule has 7 heteroatoms. The summed E-state index contributed by atoms with van der Waals surface area (Å²) in [4.78, 5) is 39.6. The third-order valence-electron chi connectivity index (χ3n) is 4.15. The summed E-state index contributed by atoms with van der Waals surface area (Å²) >= 11 is 1.58. The Hall–Kier alpha value is -1.24. The van der Waals surface area contributed by atoms with Crippen molar-refractivity contribution < 1.29 is 19.5 Å². The minimum absolute atomic E-state index is 0.0253. The molecule has 0 aromatic heterocycles. The average Bonchev–Trinajstić information content (AvgIpc) is 2.93. The maximum atomic E-state index is 12.7. The fraction of sp³-hybridized carbons (Fsp3) is 0.800. The van der Waals surface area contributed by atoms with Crippen LogP contribution in [0.25, 0.3) is 0 Å². The van der Waals surface area contributed by atoms with Gasteiger partial charge in [0.05, 0.1) is 11.8 Å². The Kier molecular flexibility index (Phi) is 5.04. The molecule has 2 saturated heterocycles. The molecule has 2 fully saturated rings. The highest BCUT2D eigenvalue weighted by atomic mass is 32.2. The molecule has 0 aromatic carbocycles. The highest BCUT2D eigenvalue weighted by molar-refractivity contribution is 7.99. The molecule has 0 bridgehead atoms. The lowest BCUT2D eigenvalue weighted by Gasteiger charge is -2.36. The molecule has 1 N–H and O–H groups in total. The van der Waals surface area contributed by atoms with Crippen LogP contribution in [0.15, 0.2) is 0 Å². The highest BCUT2D eigenvalue weighted by Gasteiger charge is 2.41. The van der Waals surface area contributed by atoms with Gasteiger partial charge >= 0.3 is 5.97 Å². The molecule has 124 valence electrons. The monoisotopic (exact) mass is 328 g/mol. The number of rotatable bonds is 2. The molecular weight excluding hydrogens is 304 g/mol. The van der Waals surface area contributed by atoms with E-state index in [4.69, 9.17) is 5.11 Å². The third kappa shape index (κ3) is 3.56. The van der Waals surface area contributed by atoms with Crippen LogP contribution in [0.1, 0.15) is 33.6 Å². The molecular formula is C15H24N2O4S. The van der Waals surface area contributed by atoms with Crippen LogP contribution in [0.3, 0.4) is 0 Å². The van der Waals surface area contributed by atoms with Gasteiger partial charge in [-0.3, -0.25) is 14.4 Å². The second-order valence-electron chi connectivity index (χ2n) is 7.00. The predicted molar refractivity (Wildman–Crippen MR) is 84.4 cm³/mol. The minimum Gasteiger partial charge on any atom is -0.481 e. The summed E-state index contributed by atoms with van der Waals surface area (Å²) in [6.45, 7) is 6.39. The number of hydrogen-bond acceptors (Lipinski definition) is 4. The van der Waals surface area contributed by atoms with Gasteiger partial charge in [-0.15, -0.1) is 11.8 Å². The van der Waals surface area contributed by atoms with Crippen molar-refractivity contribution in [3.05, 3.63) is 0 Å². The number of likely N-dealkylation sites (tertiary alicyclic amines) is 1. The van der Waals surface area contributed by atoms with Crippen LogP contribution in [0.5, 0.6) is 0 Å². The van der Waals surface area contributed by atoms with Crippen LogP contribution in [0.2, 0.25) is 0 Å². The zero-order valence-corrected chi connectivity index (χ0v) is 14.2. The number of hydrogen-bond donors (Lipinski definition) is 1. The van der Waals surface area contributed by atoms with E-state index in [-0.39, 0.29) is 18.4 Å².